The Hall–Kier alpha value is -2.41. The van der Waals surface area contributed by atoms with Crippen LogP contribution in [-0.4, -0.2) is 55.2 Å². The van der Waals surface area contributed by atoms with Crippen molar-refractivity contribution < 1.29 is 23.9 Å². The highest BCUT2D eigenvalue weighted by Crippen LogP contribution is 2.45. The minimum Gasteiger partial charge on any atom is -0.460 e. The summed E-state index contributed by atoms with van der Waals surface area (Å²) in [6.07, 6.45) is 0.417. The summed E-state index contributed by atoms with van der Waals surface area (Å²) in [5, 5.41) is 0. The first-order valence-electron chi connectivity index (χ1n) is 8.83. The molecule has 0 radical (unpaired) electrons. The fourth-order valence-corrected chi connectivity index (χ4v) is 3.70. The zero-order valence-electron chi connectivity index (χ0n) is 15.4. The van der Waals surface area contributed by atoms with E-state index in [1.54, 1.807) is 24.3 Å². The highest BCUT2D eigenvalue weighted by molar-refractivity contribution is 6.15. The van der Waals surface area contributed by atoms with Crippen molar-refractivity contribution in [2.24, 2.45) is 5.92 Å². The SMILES string of the molecule is COCCOC(=O)[C@@]12CCC(=O)N1c1ccccc1C(=O)N2CC(C)C. The summed E-state index contributed by atoms with van der Waals surface area (Å²) in [7, 11) is 1.52. The van der Waals surface area contributed by atoms with Crippen LogP contribution in [0.3, 0.4) is 0 Å². The third-order valence-corrected chi connectivity index (χ3v) is 4.77. The maximum absolute atomic E-state index is 13.2. The second kappa shape index (κ2) is 7.07. The molecular formula is C19H24N2O5. The molecule has 1 aromatic rings. The average molecular weight is 360 g/mol. The maximum Gasteiger partial charge on any atom is 0.353 e. The van der Waals surface area contributed by atoms with Crippen LogP contribution >= 0.6 is 0 Å². The van der Waals surface area contributed by atoms with E-state index < -0.39 is 11.6 Å². The summed E-state index contributed by atoms with van der Waals surface area (Å²) < 4.78 is 10.3. The molecule has 0 bridgehead atoms. The fraction of sp³-hybridized carbons (Fsp3) is 0.526. The largest absolute Gasteiger partial charge is 0.460 e. The molecule has 2 aliphatic rings. The van der Waals surface area contributed by atoms with Crippen molar-refractivity contribution in [2.45, 2.75) is 32.4 Å². The van der Waals surface area contributed by atoms with E-state index in [2.05, 4.69) is 0 Å². The molecule has 0 unspecified atom stereocenters. The van der Waals surface area contributed by atoms with Gasteiger partial charge in [0.15, 0.2) is 0 Å². The summed E-state index contributed by atoms with van der Waals surface area (Å²) in [5.41, 5.74) is -0.506. The van der Waals surface area contributed by atoms with Crippen LogP contribution < -0.4 is 4.90 Å². The number of nitrogens with zero attached hydrogens (tertiary/aromatic N) is 2. The predicted octanol–water partition coefficient (Wildman–Crippen LogP) is 1.81. The van der Waals surface area contributed by atoms with Gasteiger partial charge in [-0.3, -0.25) is 14.5 Å². The molecule has 0 aromatic heterocycles. The zero-order valence-corrected chi connectivity index (χ0v) is 15.4. The summed E-state index contributed by atoms with van der Waals surface area (Å²) in [4.78, 5) is 42.0. The number of carbonyl (C=O) groups excluding carboxylic acids is 3. The molecule has 7 heteroatoms. The summed E-state index contributed by atoms with van der Waals surface area (Å²) >= 11 is 0. The van der Waals surface area contributed by atoms with Crippen molar-refractivity contribution in [1.29, 1.82) is 0 Å². The minimum absolute atomic E-state index is 0.0739. The molecule has 1 aromatic carbocycles. The molecular weight excluding hydrogens is 336 g/mol. The quantitative estimate of drug-likeness (QED) is 0.571. The number of methoxy groups -OCH3 is 1. The first-order valence-corrected chi connectivity index (χ1v) is 8.83. The van der Waals surface area contributed by atoms with Crippen molar-refractivity contribution in [3.05, 3.63) is 29.8 Å². The summed E-state index contributed by atoms with van der Waals surface area (Å²) in [6, 6.07) is 6.92. The highest BCUT2D eigenvalue weighted by Gasteiger charge is 2.61. The van der Waals surface area contributed by atoms with E-state index in [1.807, 2.05) is 13.8 Å². The van der Waals surface area contributed by atoms with Crippen LogP contribution in [0.1, 0.15) is 37.0 Å². The van der Waals surface area contributed by atoms with Crippen molar-refractivity contribution in [3.63, 3.8) is 0 Å². The van der Waals surface area contributed by atoms with E-state index >= 15 is 0 Å². The van der Waals surface area contributed by atoms with Gasteiger partial charge < -0.3 is 14.4 Å². The van der Waals surface area contributed by atoms with Crippen LogP contribution in [0.5, 0.6) is 0 Å². The number of fused-ring (bicyclic) bond motifs is 3. The topological polar surface area (TPSA) is 76.1 Å². The number of carbonyl (C=O) groups is 3. The Morgan fingerprint density at radius 3 is 2.65 bits per heavy atom. The van der Waals surface area contributed by atoms with Crippen LogP contribution in [0.15, 0.2) is 24.3 Å². The van der Waals surface area contributed by atoms with E-state index in [0.29, 0.717) is 17.8 Å². The number of ether oxygens (including phenoxy) is 2. The number of amides is 2. The molecule has 0 aliphatic carbocycles. The van der Waals surface area contributed by atoms with Gasteiger partial charge in [0.2, 0.25) is 11.6 Å². The Labute approximate surface area is 152 Å². The molecule has 0 N–H and O–H groups in total. The van der Waals surface area contributed by atoms with Crippen molar-refractivity contribution in [3.8, 4) is 0 Å². The third-order valence-electron chi connectivity index (χ3n) is 4.77. The van der Waals surface area contributed by atoms with Crippen LogP contribution in [0.25, 0.3) is 0 Å². The Morgan fingerprint density at radius 1 is 1.23 bits per heavy atom. The number of anilines is 1. The van der Waals surface area contributed by atoms with Crippen molar-refractivity contribution in [1.82, 2.24) is 4.90 Å². The molecule has 26 heavy (non-hydrogen) atoms. The summed E-state index contributed by atoms with van der Waals surface area (Å²) in [6.45, 7) is 4.63. The first-order chi connectivity index (χ1) is 12.4. The molecule has 2 aliphatic heterocycles. The number of hydrogen-bond acceptors (Lipinski definition) is 5. The second-order valence-corrected chi connectivity index (χ2v) is 7.00. The lowest BCUT2D eigenvalue weighted by atomic mass is 9.95. The molecule has 0 spiro atoms. The van der Waals surface area contributed by atoms with E-state index in [1.165, 1.54) is 16.9 Å². The smallest absolute Gasteiger partial charge is 0.353 e. The first kappa shape index (κ1) is 18.4. The van der Waals surface area contributed by atoms with E-state index in [-0.39, 0.29) is 43.8 Å². The zero-order chi connectivity index (χ0) is 18.9. The highest BCUT2D eigenvalue weighted by atomic mass is 16.6. The molecule has 140 valence electrons. The molecule has 0 saturated carbocycles. The normalized spacial score (nSPS) is 21.8. The Balaban J connectivity index is 2.11. The lowest BCUT2D eigenvalue weighted by molar-refractivity contribution is -0.158. The van der Waals surface area contributed by atoms with Crippen molar-refractivity contribution >= 4 is 23.5 Å². The number of rotatable bonds is 6. The van der Waals surface area contributed by atoms with Gasteiger partial charge in [-0.25, -0.2) is 4.79 Å². The third kappa shape index (κ3) is 2.76. The van der Waals surface area contributed by atoms with Gasteiger partial charge in [-0.15, -0.1) is 0 Å². The predicted molar refractivity (Wildman–Crippen MR) is 94.6 cm³/mol. The second-order valence-electron chi connectivity index (χ2n) is 7.00. The van der Waals surface area contributed by atoms with E-state index in [9.17, 15) is 14.4 Å². The van der Waals surface area contributed by atoms with Gasteiger partial charge in [0.05, 0.1) is 17.9 Å². The van der Waals surface area contributed by atoms with Gasteiger partial charge in [0.25, 0.3) is 5.91 Å². The van der Waals surface area contributed by atoms with Gasteiger partial charge in [-0.1, -0.05) is 26.0 Å². The lowest BCUT2D eigenvalue weighted by Crippen LogP contribution is -2.69. The molecule has 7 nitrogen and oxygen atoms in total. The molecule has 1 saturated heterocycles. The number of hydrogen-bond donors (Lipinski definition) is 0. The minimum atomic E-state index is -1.42. The van der Waals surface area contributed by atoms with Gasteiger partial charge in [-0.05, 0) is 18.1 Å². The monoisotopic (exact) mass is 360 g/mol. The molecule has 2 amide bonds. The Morgan fingerprint density at radius 2 is 1.96 bits per heavy atom. The number of esters is 1. The van der Waals surface area contributed by atoms with Gasteiger partial charge in [0, 0.05) is 26.5 Å². The van der Waals surface area contributed by atoms with Gasteiger partial charge >= 0.3 is 5.97 Å². The molecule has 3 rings (SSSR count). The van der Waals surface area contributed by atoms with Gasteiger partial charge in [-0.2, -0.15) is 0 Å². The van der Waals surface area contributed by atoms with Crippen LogP contribution in [0, 0.1) is 5.92 Å². The number of benzene rings is 1. The van der Waals surface area contributed by atoms with Gasteiger partial charge in [0.1, 0.15) is 6.61 Å². The Kier molecular flexibility index (Phi) is 5.00. The summed E-state index contributed by atoms with van der Waals surface area (Å²) in [5.74, 6) is -0.874. The van der Waals surface area contributed by atoms with Crippen molar-refractivity contribution in [2.75, 3.05) is 31.8 Å². The van der Waals surface area contributed by atoms with Crippen LogP contribution in [-0.2, 0) is 19.1 Å². The molecule has 1 atom stereocenters. The van der Waals surface area contributed by atoms with Crippen LogP contribution in [0.2, 0.25) is 0 Å². The fourth-order valence-electron chi connectivity index (χ4n) is 3.70. The molecule has 1 fully saturated rings. The maximum atomic E-state index is 13.2. The molecule has 2 heterocycles. The Bertz CT molecular complexity index is 732. The number of para-hydroxylation sites is 1. The van der Waals surface area contributed by atoms with E-state index in [0.717, 1.165) is 0 Å². The standard InChI is InChI=1S/C19H24N2O5/c1-13(2)12-20-17(23)14-6-4-5-7-15(14)21-16(22)8-9-19(20,21)18(24)26-11-10-25-3/h4-7,13H,8-12H2,1-3H3/t19-/m1/s1. The van der Waals surface area contributed by atoms with E-state index in [4.69, 9.17) is 9.47 Å². The van der Waals surface area contributed by atoms with Crippen LogP contribution in [0.4, 0.5) is 5.69 Å². The lowest BCUT2D eigenvalue weighted by Gasteiger charge is -2.48. The average Bonchev–Trinajstić information content (AvgIpc) is 2.97.